The molecule has 0 saturated heterocycles. The summed E-state index contributed by atoms with van der Waals surface area (Å²) >= 11 is 12.1. The Balaban J connectivity index is 2.20. The molecule has 9 nitrogen and oxygen atoms in total. The largest absolute Gasteiger partial charge is 0.435 e. The SMILES string of the molecule is CCNC(=O)c1cc(Cl)cc(C)c1NC(=O)c1cc(C(F)(F)F)nn1-c1c(Cl)cccc1[N+](=O)[O-]. The number of aromatic nitrogens is 2. The lowest BCUT2D eigenvalue weighted by Gasteiger charge is -2.15. The summed E-state index contributed by atoms with van der Waals surface area (Å²) < 4.78 is 40.9. The Hall–Kier alpha value is -3.64. The monoisotopic (exact) mass is 529 g/mol. The maximum Gasteiger partial charge on any atom is 0.435 e. The standard InChI is InChI=1S/C21H16Cl2F3N5O4/c1-3-27-19(32)12-8-11(22)7-10(2)17(12)28-20(33)15-9-16(21(24,25)26)29-30(15)18-13(23)5-4-6-14(18)31(34)35/h4-9H,3H2,1-2H3,(H,27,32)(H,28,33). The maximum absolute atomic E-state index is 13.5. The van der Waals surface area contributed by atoms with Crippen molar-refractivity contribution < 1.29 is 27.7 Å². The van der Waals surface area contributed by atoms with Crippen LogP contribution < -0.4 is 10.6 Å². The van der Waals surface area contributed by atoms with E-state index < -0.39 is 45.7 Å². The Bertz CT molecular complexity index is 1340. The van der Waals surface area contributed by atoms with Crippen molar-refractivity contribution in [3.05, 3.63) is 79.1 Å². The zero-order chi connectivity index (χ0) is 26.1. The first-order valence-corrected chi connectivity index (χ1v) is 10.6. The minimum atomic E-state index is -4.97. The summed E-state index contributed by atoms with van der Waals surface area (Å²) in [5, 5.41) is 19.7. The van der Waals surface area contributed by atoms with Crippen LogP contribution in [0, 0.1) is 17.0 Å². The normalized spacial score (nSPS) is 11.3. The van der Waals surface area contributed by atoms with Crippen molar-refractivity contribution in [2.45, 2.75) is 20.0 Å². The number of rotatable bonds is 6. The van der Waals surface area contributed by atoms with E-state index in [2.05, 4.69) is 15.7 Å². The number of para-hydroxylation sites is 1. The number of nitrogens with one attached hydrogen (secondary N) is 2. The smallest absolute Gasteiger partial charge is 0.352 e. The van der Waals surface area contributed by atoms with Gasteiger partial charge in [0.1, 0.15) is 5.69 Å². The minimum absolute atomic E-state index is 0.0136. The molecular formula is C21H16Cl2F3N5O4. The minimum Gasteiger partial charge on any atom is -0.352 e. The molecule has 3 rings (SSSR count). The molecular weight excluding hydrogens is 514 g/mol. The van der Waals surface area contributed by atoms with Crippen LogP contribution in [0.2, 0.25) is 10.0 Å². The average molecular weight is 530 g/mol. The van der Waals surface area contributed by atoms with Crippen molar-refractivity contribution in [1.29, 1.82) is 0 Å². The predicted molar refractivity (Wildman–Crippen MR) is 122 cm³/mol. The van der Waals surface area contributed by atoms with Crippen molar-refractivity contribution in [3.8, 4) is 5.69 Å². The molecule has 35 heavy (non-hydrogen) atoms. The third-order valence-corrected chi connectivity index (χ3v) is 5.25. The van der Waals surface area contributed by atoms with Gasteiger partial charge >= 0.3 is 6.18 Å². The Morgan fingerprint density at radius 3 is 2.46 bits per heavy atom. The molecule has 14 heteroatoms. The molecule has 0 aliphatic rings. The first kappa shape index (κ1) is 26.0. The highest BCUT2D eigenvalue weighted by Crippen LogP contribution is 2.35. The third kappa shape index (κ3) is 5.38. The van der Waals surface area contributed by atoms with Gasteiger partial charge in [-0.25, -0.2) is 4.68 Å². The van der Waals surface area contributed by atoms with E-state index in [4.69, 9.17) is 23.2 Å². The van der Waals surface area contributed by atoms with Gasteiger partial charge in [0.05, 0.1) is 21.2 Å². The summed E-state index contributed by atoms with van der Waals surface area (Å²) in [5.74, 6) is -1.71. The van der Waals surface area contributed by atoms with Crippen LogP contribution >= 0.6 is 23.2 Å². The zero-order valence-electron chi connectivity index (χ0n) is 18.0. The fourth-order valence-electron chi connectivity index (χ4n) is 3.23. The van der Waals surface area contributed by atoms with Crippen molar-refractivity contribution in [1.82, 2.24) is 15.1 Å². The number of carbonyl (C=O) groups is 2. The zero-order valence-corrected chi connectivity index (χ0v) is 19.5. The van der Waals surface area contributed by atoms with Gasteiger partial charge in [-0.15, -0.1) is 0 Å². The highest BCUT2D eigenvalue weighted by molar-refractivity contribution is 6.33. The molecule has 0 radical (unpaired) electrons. The number of benzene rings is 2. The Labute approximate surface area is 206 Å². The third-order valence-electron chi connectivity index (χ3n) is 4.73. The molecule has 2 aromatic carbocycles. The van der Waals surface area contributed by atoms with E-state index >= 15 is 0 Å². The Morgan fingerprint density at radius 2 is 1.86 bits per heavy atom. The van der Waals surface area contributed by atoms with E-state index in [-0.39, 0.29) is 27.8 Å². The number of hydrogen-bond acceptors (Lipinski definition) is 5. The van der Waals surface area contributed by atoms with Gasteiger partial charge in [0.2, 0.25) is 0 Å². The average Bonchev–Trinajstić information content (AvgIpc) is 3.21. The van der Waals surface area contributed by atoms with Gasteiger partial charge in [0.25, 0.3) is 17.5 Å². The Kier molecular flexibility index (Phi) is 7.36. The van der Waals surface area contributed by atoms with Crippen LogP contribution in [0.3, 0.4) is 0 Å². The number of anilines is 1. The van der Waals surface area contributed by atoms with Crippen molar-refractivity contribution in [2.24, 2.45) is 0 Å². The van der Waals surface area contributed by atoms with Gasteiger partial charge in [-0.2, -0.15) is 18.3 Å². The quantitative estimate of drug-likeness (QED) is 0.326. The number of nitro benzene ring substituents is 1. The maximum atomic E-state index is 13.5. The van der Waals surface area contributed by atoms with E-state index in [9.17, 15) is 32.9 Å². The molecule has 3 aromatic rings. The molecule has 2 amide bonds. The van der Waals surface area contributed by atoms with Crippen LogP contribution in [0.5, 0.6) is 0 Å². The molecule has 0 atom stereocenters. The molecule has 0 bridgehead atoms. The first-order valence-electron chi connectivity index (χ1n) is 9.85. The summed E-state index contributed by atoms with van der Waals surface area (Å²) in [6.07, 6.45) is -4.97. The number of nitro groups is 1. The second kappa shape index (κ2) is 9.92. The molecule has 0 aliphatic heterocycles. The van der Waals surface area contributed by atoms with Crippen LogP contribution in [0.1, 0.15) is 39.0 Å². The van der Waals surface area contributed by atoms with Crippen LogP contribution in [-0.4, -0.2) is 33.1 Å². The van der Waals surface area contributed by atoms with Crippen LogP contribution in [0.25, 0.3) is 5.69 Å². The number of amides is 2. The van der Waals surface area contributed by atoms with E-state index in [1.807, 2.05) is 0 Å². The van der Waals surface area contributed by atoms with Gasteiger partial charge < -0.3 is 10.6 Å². The number of nitrogens with zero attached hydrogens (tertiary/aromatic N) is 3. The molecule has 1 heterocycles. The number of alkyl halides is 3. The lowest BCUT2D eigenvalue weighted by Crippen LogP contribution is -2.26. The molecule has 0 unspecified atom stereocenters. The summed E-state index contributed by atoms with van der Waals surface area (Å²) in [6.45, 7) is 3.46. The lowest BCUT2D eigenvalue weighted by atomic mass is 10.1. The van der Waals surface area contributed by atoms with E-state index in [1.165, 1.54) is 31.2 Å². The van der Waals surface area contributed by atoms with Gasteiger partial charge in [-0.1, -0.05) is 29.3 Å². The number of aryl methyl sites for hydroxylation is 1. The Morgan fingerprint density at radius 1 is 1.17 bits per heavy atom. The molecule has 0 aliphatic carbocycles. The van der Waals surface area contributed by atoms with Crippen molar-refractivity contribution in [3.63, 3.8) is 0 Å². The number of carbonyl (C=O) groups excluding carboxylic acids is 2. The number of halogens is 5. The summed E-state index contributed by atoms with van der Waals surface area (Å²) in [6, 6.07) is 6.60. The molecule has 1 aromatic heterocycles. The van der Waals surface area contributed by atoms with Gasteiger partial charge in [-0.3, -0.25) is 19.7 Å². The molecule has 2 N–H and O–H groups in total. The topological polar surface area (TPSA) is 119 Å². The first-order chi connectivity index (χ1) is 16.3. The molecule has 0 spiro atoms. The summed E-state index contributed by atoms with van der Waals surface area (Å²) in [5.41, 5.74) is -3.08. The molecule has 0 saturated carbocycles. The summed E-state index contributed by atoms with van der Waals surface area (Å²) in [4.78, 5) is 36.3. The van der Waals surface area contributed by atoms with Crippen LogP contribution in [0.4, 0.5) is 24.5 Å². The second-order valence-electron chi connectivity index (χ2n) is 7.15. The van der Waals surface area contributed by atoms with Crippen LogP contribution in [-0.2, 0) is 6.18 Å². The molecule has 0 fully saturated rings. The second-order valence-corrected chi connectivity index (χ2v) is 7.99. The molecule has 184 valence electrons. The fourth-order valence-corrected chi connectivity index (χ4v) is 3.76. The summed E-state index contributed by atoms with van der Waals surface area (Å²) in [7, 11) is 0. The predicted octanol–water partition coefficient (Wildman–Crippen LogP) is 5.42. The van der Waals surface area contributed by atoms with E-state index in [0.29, 0.717) is 16.3 Å². The van der Waals surface area contributed by atoms with E-state index in [1.54, 1.807) is 6.92 Å². The van der Waals surface area contributed by atoms with Crippen LogP contribution in [0.15, 0.2) is 36.4 Å². The van der Waals surface area contributed by atoms with E-state index in [0.717, 1.165) is 6.07 Å². The van der Waals surface area contributed by atoms with Gasteiger partial charge in [0.15, 0.2) is 11.4 Å². The highest BCUT2D eigenvalue weighted by Gasteiger charge is 2.37. The lowest BCUT2D eigenvalue weighted by molar-refractivity contribution is -0.384. The van der Waals surface area contributed by atoms with Gasteiger partial charge in [-0.05, 0) is 37.6 Å². The van der Waals surface area contributed by atoms with Crippen molar-refractivity contribution in [2.75, 3.05) is 11.9 Å². The number of hydrogen-bond donors (Lipinski definition) is 2. The highest BCUT2D eigenvalue weighted by atomic mass is 35.5. The fraction of sp³-hybridized carbons (Fsp3) is 0.190. The van der Waals surface area contributed by atoms with Crippen molar-refractivity contribution >= 4 is 46.4 Å². The van der Waals surface area contributed by atoms with Gasteiger partial charge in [0, 0.05) is 23.7 Å².